The summed E-state index contributed by atoms with van der Waals surface area (Å²) >= 11 is 0. The number of aromatic hydroxyl groups is 1. The zero-order valence-corrected chi connectivity index (χ0v) is 36.9. The largest absolute Gasteiger partial charge is 0.506 e. The summed E-state index contributed by atoms with van der Waals surface area (Å²) in [6.45, 7) is 7.50. The number of aromatic amines is 1. The second-order valence-electron chi connectivity index (χ2n) is 16.7. The highest BCUT2D eigenvalue weighted by Crippen LogP contribution is 2.29. The van der Waals surface area contributed by atoms with E-state index < -0.39 is 6.09 Å². The van der Waals surface area contributed by atoms with Crippen LogP contribution < -0.4 is 26.4 Å². The van der Waals surface area contributed by atoms with Crippen molar-refractivity contribution in [2.24, 2.45) is 0 Å². The van der Waals surface area contributed by atoms with Gasteiger partial charge in [0.2, 0.25) is 17.4 Å². The first-order valence-electron chi connectivity index (χ1n) is 22.1. The quantitative estimate of drug-likeness (QED) is 0.0620. The van der Waals surface area contributed by atoms with Crippen molar-refractivity contribution in [3.63, 3.8) is 0 Å². The minimum absolute atomic E-state index is 0.00507. The summed E-state index contributed by atoms with van der Waals surface area (Å²) in [4.78, 5) is 57.4. The van der Waals surface area contributed by atoms with Crippen molar-refractivity contribution >= 4 is 40.2 Å². The molecule has 1 aliphatic rings. The van der Waals surface area contributed by atoms with Crippen LogP contribution in [0.25, 0.3) is 22.0 Å². The van der Waals surface area contributed by atoms with Gasteiger partial charge in [0.15, 0.2) is 0 Å². The Morgan fingerprint density at radius 1 is 0.859 bits per heavy atom. The maximum absolute atomic E-state index is 13.2. The number of amides is 3. The van der Waals surface area contributed by atoms with Crippen LogP contribution in [0, 0.1) is 6.92 Å². The molecule has 3 amide bonds. The number of fused-ring (bicyclic) bond motifs is 1. The van der Waals surface area contributed by atoms with Crippen molar-refractivity contribution in [2.75, 3.05) is 43.4 Å². The van der Waals surface area contributed by atoms with Crippen LogP contribution in [0.1, 0.15) is 54.0 Å². The smallest absolute Gasteiger partial charge is 0.411 e. The number of likely N-dealkylation sites (tertiary alicyclic amines) is 1. The van der Waals surface area contributed by atoms with E-state index in [9.17, 15) is 24.3 Å². The number of para-hydroxylation sites is 1. The van der Waals surface area contributed by atoms with Crippen LogP contribution in [-0.2, 0) is 40.1 Å². The van der Waals surface area contributed by atoms with E-state index >= 15 is 0 Å². The lowest BCUT2D eigenvalue weighted by atomic mass is 9.97. The second-order valence-corrected chi connectivity index (χ2v) is 16.7. The number of anilines is 2. The van der Waals surface area contributed by atoms with Gasteiger partial charge in [-0.25, -0.2) is 4.79 Å². The predicted molar refractivity (Wildman–Crippen MR) is 254 cm³/mol. The van der Waals surface area contributed by atoms with Crippen LogP contribution in [-0.4, -0.2) is 78.3 Å². The number of H-pyrrole nitrogens is 1. The average Bonchev–Trinajstić information content (AvgIpc) is 3.30. The molecule has 0 spiro atoms. The van der Waals surface area contributed by atoms with Crippen molar-refractivity contribution < 1.29 is 24.2 Å². The molecule has 1 fully saturated rings. The van der Waals surface area contributed by atoms with Gasteiger partial charge in [0, 0.05) is 68.4 Å². The number of carbonyl (C=O) groups excluding carboxylic acids is 3. The van der Waals surface area contributed by atoms with Crippen LogP contribution >= 0.6 is 0 Å². The van der Waals surface area contributed by atoms with Gasteiger partial charge in [0.1, 0.15) is 11.9 Å². The van der Waals surface area contributed by atoms with Crippen LogP contribution in [0.15, 0.2) is 126 Å². The maximum atomic E-state index is 13.2. The van der Waals surface area contributed by atoms with E-state index in [0.29, 0.717) is 43.6 Å². The van der Waals surface area contributed by atoms with E-state index in [-0.39, 0.29) is 41.7 Å². The predicted octanol–water partition coefficient (Wildman–Crippen LogP) is 7.90. The topological polar surface area (TPSA) is 156 Å². The fourth-order valence-corrected chi connectivity index (χ4v) is 8.37. The van der Waals surface area contributed by atoms with E-state index in [1.54, 1.807) is 24.1 Å². The van der Waals surface area contributed by atoms with Crippen LogP contribution in [0.2, 0.25) is 0 Å². The summed E-state index contributed by atoms with van der Waals surface area (Å²) in [5.74, 6) is -0.0102. The summed E-state index contributed by atoms with van der Waals surface area (Å²) in [7, 11) is 1.77. The van der Waals surface area contributed by atoms with Gasteiger partial charge in [-0.2, -0.15) is 0 Å². The summed E-state index contributed by atoms with van der Waals surface area (Å²) in [5.41, 5.74) is 8.98. The number of phenols is 1. The molecule has 7 rings (SSSR count). The number of carbonyl (C=O) groups is 3. The number of nitrogens with zero attached hydrogens (tertiary/aromatic N) is 2. The molecule has 332 valence electrons. The van der Waals surface area contributed by atoms with Gasteiger partial charge in [-0.1, -0.05) is 84.9 Å². The fourth-order valence-electron chi connectivity index (χ4n) is 8.37. The van der Waals surface area contributed by atoms with Gasteiger partial charge in [0.25, 0.3) is 0 Å². The van der Waals surface area contributed by atoms with Crippen molar-refractivity contribution in [3.8, 4) is 16.9 Å². The second kappa shape index (κ2) is 21.5. The molecule has 5 aromatic carbocycles. The van der Waals surface area contributed by atoms with Crippen LogP contribution in [0.4, 0.5) is 16.2 Å². The van der Waals surface area contributed by atoms with Gasteiger partial charge >= 0.3 is 6.09 Å². The Morgan fingerprint density at radius 2 is 1.59 bits per heavy atom. The number of phenolic OH excluding ortho intramolecular Hbond substituents is 1. The molecule has 1 saturated heterocycles. The standard InChI is InChI=1S/C52H58N6O6/c1-35(53-28-24-39-18-22-47(59)51-45(39)21-23-48(60)56-51)32-40-12-9-13-41(36(40)2)34-54-49(61)33-37-16-19-42(20-17-37)57(3)50(62)27-31-58-29-25-43(26-30-58)64-52(63)55-46-15-8-7-14-44(46)38-10-5-4-6-11-38/h4-23,35,43,53,59H,24-34H2,1-3H3,(H,54,61)(H,55,63)(H,56,60). The molecule has 6 aromatic rings. The highest BCUT2D eigenvalue weighted by molar-refractivity contribution is 5.93. The molecule has 1 aromatic heterocycles. The third kappa shape index (κ3) is 12.0. The first-order valence-corrected chi connectivity index (χ1v) is 22.1. The molecular formula is C52H58N6O6. The maximum Gasteiger partial charge on any atom is 0.411 e. The van der Waals surface area contributed by atoms with E-state index in [1.165, 1.54) is 11.6 Å². The van der Waals surface area contributed by atoms with E-state index in [4.69, 9.17) is 4.74 Å². The molecule has 12 heteroatoms. The Labute approximate surface area is 374 Å². The van der Waals surface area contributed by atoms with Crippen LogP contribution in [0.3, 0.4) is 0 Å². The minimum Gasteiger partial charge on any atom is -0.506 e. The molecule has 0 radical (unpaired) electrons. The number of hydrogen-bond acceptors (Lipinski definition) is 8. The number of piperidine rings is 1. The Balaban J connectivity index is 0.797. The number of ether oxygens (including phenoxy) is 1. The molecule has 1 unspecified atom stereocenters. The Kier molecular flexibility index (Phi) is 15.2. The molecule has 1 atom stereocenters. The average molecular weight is 863 g/mol. The van der Waals surface area contributed by atoms with Crippen molar-refractivity contribution in [1.82, 2.24) is 20.5 Å². The molecule has 12 nitrogen and oxygen atoms in total. The van der Waals surface area contributed by atoms with Crippen LogP contribution in [0.5, 0.6) is 5.75 Å². The monoisotopic (exact) mass is 862 g/mol. The number of benzene rings is 5. The first kappa shape index (κ1) is 45.3. The van der Waals surface area contributed by atoms with Gasteiger partial charge in [-0.3, -0.25) is 19.7 Å². The van der Waals surface area contributed by atoms with Gasteiger partial charge < -0.3 is 35.3 Å². The summed E-state index contributed by atoms with van der Waals surface area (Å²) in [6, 6.07) is 38.3. The van der Waals surface area contributed by atoms with Gasteiger partial charge in [-0.15, -0.1) is 0 Å². The third-order valence-corrected chi connectivity index (χ3v) is 12.2. The lowest BCUT2D eigenvalue weighted by Crippen LogP contribution is -2.40. The third-order valence-electron chi connectivity index (χ3n) is 12.2. The summed E-state index contributed by atoms with van der Waals surface area (Å²) in [5, 5.41) is 20.6. The summed E-state index contributed by atoms with van der Waals surface area (Å²) in [6.07, 6.45) is 2.90. The Hall–Kier alpha value is -6.76. The lowest BCUT2D eigenvalue weighted by molar-refractivity contribution is -0.120. The molecule has 1 aliphatic heterocycles. The van der Waals surface area contributed by atoms with Crippen molar-refractivity contribution in [2.45, 2.75) is 71.1 Å². The lowest BCUT2D eigenvalue weighted by Gasteiger charge is -2.31. The number of hydrogen-bond donors (Lipinski definition) is 5. The highest BCUT2D eigenvalue weighted by atomic mass is 16.6. The zero-order valence-electron chi connectivity index (χ0n) is 36.9. The zero-order chi connectivity index (χ0) is 45.0. The normalized spacial score (nSPS) is 13.6. The van der Waals surface area contributed by atoms with E-state index in [0.717, 1.165) is 76.9 Å². The Morgan fingerprint density at radius 3 is 2.38 bits per heavy atom. The van der Waals surface area contributed by atoms with Gasteiger partial charge in [0.05, 0.1) is 17.6 Å². The van der Waals surface area contributed by atoms with Crippen molar-refractivity contribution in [3.05, 3.63) is 159 Å². The minimum atomic E-state index is -0.463. The first-order chi connectivity index (χ1) is 31.0. The number of pyridine rings is 1. The molecule has 5 N–H and O–H groups in total. The summed E-state index contributed by atoms with van der Waals surface area (Å²) < 4.78 is 5.79. The number of rotatable bonds is 17. The highest BCUT2D eigenvalue weighted by Gasteiger charge is 2.24. The molecular weight excluding hydrogens is 805 g/mol. The fraction of sp³-hybridized carbons (Fsp3) is 0.308. The van der Waals surface area contributed by atoms with Gasteiger partial charge in [-0.05, 0) is 110 Å². The molecule has 0 aliphatic carbocycles. The Bertz CT molecular complexity index is 2600. The molecule has 0 saturated carbocycles. The SMILES string of the molecule is Cc1c(CNC(=O)Cc2ccc(N(C)C(=O)CCN3CCC(OC(=O)Nc4ccccc4-c4ccccc4)CC3)cc2)cccc1CC(C)NCCc1ccc(O)c2[nH]c(=O)ccc12. The number of aromatic nitrogens is 1. The van der Waals surface area contributed by atoms with E-state index in [1.807, 2.05) is 97.1 Å². The molecule has 64 heavy (non-hydrogen) atoms. The van der Waals surface area contributed by atoms with Crippen molar-refractivity contribution in [1.29, 1.82) is 0 Å². The number of nitrogens with one attached hydrogen (secondary N) is 4. The van der Waals surface area contributed by atoms with E-state index in [2.05, 4.69) is 45.7 Å². The molecule has 0 bridgehead atoms. The molecule has 2 heterocycles.